The molecule has 1 aromatic carbocycles. The molecule has 27 heavy (non-hydrogen) atoms. The molecule has 0 aliphatic heterocycles. The zero-order valence-corrected chi connectivity index (χ0v) is 19.2. The second-order valence-electron chi connectivity index (χ2n) is 6.37. The number of aryl methyl sites for hydroxylation is 2. The van der Waals surface area contributed by atoms with Crippen molar-refractivity contribution in [3.8, 4) is 5.75 Å². The van der Waals surface area contributed by atoms with Crippen LogP contribution in [0.2, 0.25) is 0 Å². The highest BCUT2D eigenvalue weighted by atomic mass is 79.9. The van der Waals surface area contributed by atoms with Crippen LogP contribution in [-0.4, -0.2) is 16.6 Å². The Balaban J connectivity index is 1.47. The number of nitrogens with one attached hydrogen (secondary N) is 1. The topological polar surface area (TPSA) is 55.0 Å². The van der Waals surface area contributed by atoms with Crippen LogP contribution in [0.25, 0.3) is 10.2 Å². The Hall–Kier alpha value is -1.18. The summed E-state index contributed by atoms with van der Waals surface area (Å²) in [7, 11) is 0. The van der Waals surface area contributed by atoms with Gasteiger partial charge in [-0.15, -0.1) is 11.3 Å². The van der Waals surface area contributed by atoms with Gasteiger partial charge in [-0.25, -0.2) is 4.98 Å². The first-order valence-electron chi connectivity index (χ1n) is 9.15. The second-order valence-corrected chi connectivity index (χ2v) is 9.06. The molecule has 144 valence electrons. The molecule has 0 saturated carbocycles. The quantitative estimate of drug-likeness (QED) is 0.344. The number of halogens is 2. The van der Waals surface area contributed by atoms with Crippen molar-refractivity contribution in [2.75, 3.05) is 6.61 Å². The third-order valence-electron chi connectivity index (χ3n) is 4.35. The summed E-state index contributed by atoms with van der Waals surface area (Å²) < 4.78 is 8.56. The van der Waals surface area contributed by atoms with Gasteiger partial charge in [0.1, 0.15) is 16.3 Å². The molecule has 2 heterocycles. The highest BCUT2D eigenvalue weighted by Gasteiger charge is 2.10. The Morgan fingerprint density at radius 1 is 1.15 bits per heavy atom. The third-order valence-corrected chi connectivity index (χ3v) is 6.30. The zero-order chi connectivity index (χ0) is 19.2. The predicted molar refractivity (Wildman–Crippen MR) is 119 cm³/mol. The highest BCUT2D eigenvalue weighted by Crippen LogP contribution is 2.34. The number of thiophene rings is 1. The minimum Gasteiger partial charge on any atom is -0.492 e. The van der Waals surface area contributed by atoms with Crippen molar-refractivity contribution >= 4 is 53.4 Å². The largest absolute Gasteiger partial charge is 0.492 e. The lowest BCUT2D eigenvalue weighted by molar-refractivity contribution is 0.334. The summed E-state index contributed by atoms with van der Waals surface area (Å²) in [5.41, 5.74) is 2.02. The van der Waals surface area contributed by atoms with E-state index in [4.69, 9.17) is 4.74 Å². The molecule has 1 N–H and O–H groups in total. The molecule has 0 fully saturated rings. The van der Waals surface area contributed by atoms with Crippen LogP contribution < -0.4 is 10.3 Å². The number of hydrogen-bond donors (Lipinski definition) is 1. The fourth-order valence-corrected chi connectivity index (χ4v) is 5.26. The summed E-state index contributed by atoms with van der Waals surface area (Å²) in [4.78, 5) is 19.4. The molecule has 0 bridgehead atoms. The van der Waals surface area contributed by atoms with Gasteiger partial charge >= 0.3 is 0 Å². The van der Waals surface area contributed by atoms with E-state index in [1.807, 2.05) is 24.4 Å². The molecule has 0 saturated heterocycles. The average Bonchev–Trinajstić information content (AvgIpc) is 3.10. The second kappa shape index (κ2) is 9.85. The van der Waals surface area contributed by atoms with Crippen LogP contribution in [-0.2, 0) is 12.8 Å². The van der Waals surface area contributed by atoms with Crippen LogP contribution >= 0.6 is 43.2 Å². The number of ether oxygens (including phenoxy) is 1. The molecule has 0 unspecified atom stereocenters. The lowest BCUT2D eigenvalue weighted by Gasteiger charge is -2.13. The van der Waals surface area contributed by atoms with Gasteiger partial charge in [-0.05, 0) is 71.3 Å². The molecule has 0 atom stereocenters. The zero-order valence-electron chi connectivity index (χ0n) is 15.2. The highest BCUT2D eigenvalue weighted by molar-refractivity contribution is 9.11. The number of unbranched alkanes of at least 4 members (excludes halogenated alkanes) is 3. The van der Waals surface area contributed by atoms with Crippen LogP contribution in [0.5, 0.6) is 5.75 Å². The van der Waals surface area contributed by atoms with Crippen molar-refractivity contribution in [2.45, 2.75) is 45.4 Å². The molecular formula is C20H22Br2N2O2S. The molecule has 0 aliphatic carbocycles. The van der Waals surface area contributed by atoms with Crippen molar-refractivity contribution in [3.63, 3.8) is 0 Å². The molecule has 3 rings (SSSR count). The summed E-state index contributed by atoms with van der Waals surface area (Å²) in [6, 6.07) is 6.07. The fourth-order valence-electron chi connectivity index (χ4n) is 3.11. The van der Waals surface area contributed by atoms with Crippen LogP contribution in [0.3, 0.4) is 0 Å². The Morgan fingerprint density at radius 3 is 2.70 bits per heavy atom. The summed E-state index contributed by atoms with van der Waals surface area (Å²) in [5, 5.41) is 1.91. The number of aromatic nitrogens is 2. The maximum atomic E-state index is 12.0. The Morgan fingerprint density at radius 2 is 1.93 bits per heavy atom. The Kier molecular flexibility index (Phi) is 7.49. The predicted octanol–water partition coefficient (Wildman–Crippen LogP) is 6.25. The molecule has 7 heteroatoms. The van der Waals surface area contributed by atoms with Gasteiger partial charge in [0, 0.05) is 10.9 Å². The van der Waals surface area contributed by atoms with Gasteiger partial charge in [0.2, 0.25) is 0 Å². The average molecular weight is 514 g/mol. The number of nitrogens with zero attached hydrogens (tertiary/aromatic N) is 1. The lowest BCUT2D eigenvalue weighted by Crippen LogP contribution is -2.10. The minimum atomic E-state index is -0.0197. The number of H-pyrrole nitrogens is 1. The summed E-state index contributed by atoms with van der Waals surface area (Å²) in [6.07, 6.45) is 6.19. The van der Waals surface area contributed by atoms with Gasteiger partial charge in [0.15, 0.2) is 0 Å². The van der Waals surface area contributed by atoms with Gasteiger partial charge in [-0.2, -0.15) is 0 Å². The molecular weight excluding hydrogens is 492 g/mol. The first-order valence-corrected chi connectivity index (χ1v) is 11.6. The monoisotopic (exact) mass is 512 g/mol. The van der Waals surface area contributed by atoms with Crippen LogP contribution in [0.15, 0.2) is 37.3 Å². The van der Waals surface area contributed by atoms with Crippen LogP contribution in [0.1, 0.15) is 44.0 Å². The van der Waals surface area contributed by atoms with E-state index >= 15 is 0 Å². The smallest absolute Gasteiger partial charge is 0.268 e. The normalized spacial score (nSPS) is 11.2. The molecule has 3 aromatic rings. The van der Waals surface area contributed by atoms with Gasteiger partial charge in [-0.1, -0.05) is 28.8 Å². The Bertz CT molecular complexity index is 968. The van der Waals surface area contributed by atoms with E-state index in [9.17, 15) is 4.79 Å². The number of aromatic amines is 1. The number of hydrogen-bond acceptors (Lipinski definition) is 4. The molecule has 2 aromatic heterocycles. The van der Waals surface area contributed by atoms with Gasteiger partial charge in [-0.3, -0.25) is 4.79 Å². The van der Waals surface area contributed by atoms with Crippen LogP contribution in [0.4, 0.5) is 0 Å². The Labute approximate surface area is 179 Å². The fraction of sp³-hybridized carbons (Fsp3) is 0.400. The maximum Gasteiger partial charge on any atom is 0.268 e. The molecule has 0 spiro atoms. The van der Waals surface area contributed by atoms with E-state index in [-0.39, 0.29) is 5.56 Å². The van der Waals surface area contributed by atoms with Crippen molar-refractivity contribution in [1.82, 2.24) is 9.97 Å². The molecule has 0 radical (unpaired) electrons. The van der Waals surface area contributed by atoms with E-state index in [0.717, 1.165) is 64.6 Å². The van der Waals surface area contributed by atoms with Gasteiger partial charge < -0.3 is 9.72 Å². The summed E-state index contributed by atoms with van der Waals surface area (Å²) >= 11 is 8.58. The summed E-state index contributed by atoms with van der Waals surface area (Å²) in [6.45, 7) is 2.66. The molecule has 4 nitrogen and oxygen atoms in total. The first kappa shape index (κ1) is 20.6. The van der Waals surface area contributed by atoms with E-state index in [1.165, 1.54) is 16.9 Å². The number of benzene rings is 1. The first-order chi connectivity index (χ1) is 13.1. The minimum absolute atomic E-state index is 0.0197. The van der Waals surface area contributed by atoms with Crippen molar-refractivity contribution in [3.05, 3.63) is 54.3 Å². The van der Waals surface area contributed by atoms with E-state index in [1.54, 1.807) is 0 Å². The van der Waals surface area contributed by atoms with Crippen molar-refractivity contribution < 1.29 is 4.74 Å². The van der Waals surface area contributed by atoms with Crippen LogP contribution in [0, 0.1) is 0 Å². The number of rotatable bonds is 9. The molecule has 0 aliphatic rings. The molecule has 0 amide bonds. The van der Waals surface area contributed by atoms with Crippen molar-refractivity contribution in [2.24, 2.45) is 0 Å². The lowest BCUT2D eigenvalue weighted by atomic mass is 10.0. The number of fused-ring (bicyclic) bond motifs is 1. The van der Waals surface area contributed by atoms with Gasteiger partial charge in [0.05, 0.1) is 16.6 Å². The SMILES string of the molecule is CCOc1c(Br)cc(Br)cc1CCCCCCc1nc2ccsc2c(=O)[nH]1. The van der Waals surface area contributed by atoms with E-state index < -0.39 is 0 Å². The third kappa shape index (κ3) is 5.42. The van der Waals surface area contributed by atoms with E-state index in [0.29, 0.717) is 11.3 Å². The van der Waals surface area contributed by atoms with E-state index in [2.05, 4.69) is 47.9 Å². The standard InChI is InChI=1S/C20H22Br2N2O2S/c1-2-26-18-13(11-14(21)12-15(18)22)7-5-3-4-6-8-17-23-16-9-10-27-19(16)20(25)24-17/h9-12H,2-8H2,1H3,(H,23,24,25). The maximum absolute atomic E-state index is 12.0. The summed E-state index contributed by atoms with van der Waals surface area (Å²) in [5.74, 6) is 1.74. The van der Waals surface area contributed by atoms with Gasteiger partial charge in [0.25, 0.3) is 5.56 Å². The van der Waals surface area contributed by atoms with Crippen molar-refractivity contribution in [1.29, 1.82) is 0 Å².